The number of nitrogens with zero attached hydrogens (tertiary/aromatic N) is 3. The van der Waals surface area contributed by atoms with E-state index < -0.39 is 16.2 Å². The molecular formula is C12H15N3O5S. The lowest BCUT2D eigenvalue weighted by atomic mass is 10.2. The molecule has 0 aliphatic carbocycles. The Labute approximate surface area is 122 Å². The van der Waals surface area contributed by atoms with Gasteiger partial charge in [0.15, 0.2) is 0 Å². The maximum absolute atomic E-state index is 12.7. The fourth-order valence-electron chi connectivity index (χ4n) is 2.49. The van der Waals surface area contributed by atoms with Crippen LogP contribution in [0.4, 0.5) is 5.69 Å². The van der Waals surface area contributed by atoms with Crippen LogP contribution in [0, 0.1) is 0 Å². The van der Waals surface area contributed by atoms with Gasteiger partial charge in [-0.25, -0.2) is 14.1 Å². The van der Waals surface area contributed by atoms with Gasteiger partial charge < -0.3 is 9.84 Å². The fourth-order valence-corrected chi connectivity index (χ4v) is 4.17. The Hall–Kier alpha value is -1.87. The largest absolute Gasteiger partial charge is 0.478 e. The first kappa shape index (κ1) is 14.1. The van der Waals surface area contributed by atoms with Crippen LogP contribution in [0.25, 0.3) is 0 Å². The van der Waals surface area contributed by atoms with Crippen molar-refractivity contribution in [3.05, 3.63) is 17.8 Å². The van der Waals surface area contributed by atoms with Crippen molar-refractivity contribution in [2.24, 2.45) is 0 Å². The van der Waals surface area contributed by atoms with Gasteiger partial charge in [0.2, 0.25) is 5.88 Å². The Morgan fingerprint density at radius 3 is 2.67 bits per heavy atom. The van der Waals surface area contributed by atoms with Gasteiger partial charge in [-0.15, -0.1) is 0 Å². The summed E-state index contributed by atoms with van der Waals surface area (Å²) in [7, 11) is -3.66. The van der Waals surface area contributed by atoms with Crippen molar-refractivity contribution < 1.29 is 23.1 Å². The van der Waals surface area contributed by atoms with E-state index in [9.17, 15) is 13.2 Å². The quantitative estimate of drug-likeness (QED) is 0.862. The predicted molar refractivity (Wildman–Crippen MR) is 73.8 cm³/mol. The molecule has 1 aromatic rings. The summed E-state index contributed by atoms with van der Waals surface area (Å²) in [6, 6.07) is 1.29. The third-order valence-corrected chi connectivity index (χ3v) is 5.50. The van der Waals surface area contributed by atoms with Gasteiger partial charge in [0.1, 0.15) is 12.3 Å². The Kier molecular flexibility index (Phi) is 3.46. The summed E-state index contributed by atoms with van der Waals surface area (Å²) in [6.07, 6.45) is 2.83. The molecule has 0 amide bonds. The van der Waals surface area contributed by atoms with Crippen molar-refractivity contribution >= 4 is 21.9 Å². The number of aromatic nitrogens is 1. The molecule has 114 valence electrons. The molecule has 3 rings (SSSR count). The minimum atomic E-state index is -3.66. The van der Waals surface area contributed by atoms with E-state index in [1.54, 1.807) is 0 Å². The molecule has 9 heteroatoms. The van der Waals surface area contributed by atoms with E-state index in [0.717, 1.165) is 19.0 Å². The van der Waals surface area contributed by atoms with Gasteiger partial charge in [0.05, 0.1) is 12.1 Å². The summed E-state index contributed by atoms with van der Waals surface area (Å²) in [4.78, 5) is 14.9. The zero-order chi connectivity index (χ0) is 15.0. The molecule has 0 atom stereocenters. The van der Waals surface area contributed by atoms with E-state index >= 15 is 0 Å². The Bertz CT molecular complexity index is 669. The molecule has 0 bridgehead atoms. The number of pyridine rings is 1. The highest BCUT2D eigenvalue weighted by Crippen LogP contribution is 2.33. The average Bonchev–Trinajstić information content (AvgIpc) is 3.00. The molecule has 0 unspecified atom stereocenters. The van der Waals surface area contributed by atoms with Crippen LogP contribution in [0.3, 0.4) is 0 Å². The summed E-state index contributed by atoms with van der Waals surface area (Å²) in [5.41, 5.74) is 0.119. The van der Waals surface area contributed by atoms with Gasteiger partial charge in [-0.05, 0) is 18.9 Å². The number of anilines is 1. The number of carbonyl (C=O) groups is 1. The second-order valence-electron chi connectivity index (χ2n) is 4.89. The third kappa shape index (κ3) is 2.42. The molecule has 0 saturated carbocycles. The van der Waals surface area contributed by atoms with Gasteiger partial charge in [0.25, 0.3) is 0 Å². The van der Waals surface area contributed by atoms with Crippen molar-refractivity contribution in [2.75, 3.05) is 30.5 Å². The standard InChI is InChI=1S/C12H15N3O5S/c16-12(17)9-7-10-11(13-8-9)20-6-5-15(10)21(18,19)14-3-1-2-4-14/h7-8H,1-6H2,(H,16,17). The summed E-state index contributed by atoms with van der Waals surface area (Å²) >= 11 is 0. The highest BCUT2D eigenvalue weighted by molar-refractivity contribution is 7.90. The number of ether oxygens (including phenoxy) is 1. The van der Waals surface area contributed by atoms with Gasteiger partial charge in [-0.2, -0.15) is 12.7 Å². The second kappa shape index (κ2) is 5.15. The molecule has 1 aromatic heterocycles. The Balaban J connectivity index is 2.03. The number of aromatic carboxylic acids is 1. The zero-order valence-corrected chi connectivity index (χ0v) is 12.0. The van der Waals surface area contributed by atoms with E-state index in [1.165, 1.54) is 14.7 Å². The molecule has 1 N–H and O–H groups in total. The highest BCUT2D eigenvalue weighted by Gasteiger charge is 2.36. The summed E-state index contributed by atoms with van der Waals surface area (Å²) in [5, 5.41) is 9.03. The molecule has 0 aromatic carbocycles. The maximum Gasteiger partial charge on any atom is 0.337 e. The average molecular weight is 313 g/mol. The van der Waals surface area contributed by atoms with Crippen LogP contribution in [-0.4, -0.2) is 55.0 Å². The molecule has 1 fully saturated rings. The van der Waals surface area contributed by atoms with Crippen LogP contribution in [0.15, 0.2) is 12.3 Å². The van der Waals surface area contributed by atoms with Gasteiger partial charge in [0, 0.05) is 19.3 Å². The molecule has 0 spiro atoms. The number of carboxylic acids is 1. The topological polar surface area (TPSA) is 100 Å². The predicted octanol–water partition coefficient (Wildman–Crippen LogP) is 0.319. The molecular weight excluding hydrogens is 298 g/mol. The minimum absolute atomic E-state index is 0.0686. The van der Waals surface area contributed by atoms with E-state index in [-0.39, 0.29) is 30.3 Å². The van der Waals surface area contributed by atoms with Gasteiger partial charge in [-0.1, -0.05) is 0 Å². The van der Waals surface area contributed by atoms with Crippen LogP contribution in [0.1, 0.15) is 23.2 Å². The van der Waals surface area contributed by atoms with Crippen LogP contribution in [0.5, 0.6) is 5.88 Å². The van der Waals surface area contributed by atoms with E-state index in [4.69, 9.17) is 9.84 Å². The van der Waals surface area contributed by atoms with Crippen molar-refractivity contribution in [3.63, 3.8) is 0 Å². The Morgan fingerprint density at radius 2 is 2.00 bits per heavy atom. The number of carboxylic acid groups (broad SMARTS) is 1. The summed E-state index contributed by atoms with van der Waals surface area (Å²) in [6.45, 7) is 1.32. The number of fused-ring (bicyclic) bond motifs is 1. The monoisotopic (exact) mass is 313 g/mol. The fraction of sp³-hybridized carbons (Fsp3) is 0.500. The smallest absolute Gasteiger partial charge is 0.337 e. The van der Waals surface area contributed by atoms with Crippen LogP contribution >= 0.6 is 0 Å². The second-order valence-corrected chi connectivity index (χ2v) is 6.74. The number of hydrogen-bond donors (Lipinski definition) is 1. The van der Waals surface area contributed by atoms with Crippen LogP contribution in [0.2, 0.25) is 0 Å². The van der Waals surface area contributed by atoms with Crippen LogP contribution < -0.4 is 9.04 Å². The Morgan fingerprint density at radius 1 is 1.29 bits per heavy atom. The molecule has 8 nitrogen and oxygen atoms in total. The van der Waals surface area contributed by atoms with Crippen molar-refractivity contribution in [3.8, 4) is 5.88 Å². The minimum Gasteiger partial charge on any atom is -0.478 e. The van der Waals surface area contributed by atoms with Gasteiger partial charge >= 0.3 is 16.2 Å². The van der Waals surface area contributed by atoms with E-state index in [1.807, 2.05) is 0 Å². The lowest BCUT2D eigenvalue weighted by Gasteiger charge is -2.32. The lowest BCUT2D eigenvalue weighted by molar-refractivity contribution is 0.0696. The number of hydrogen-bond acceptors (Lipinski definition) is 5. The molecule has 2 aliphatic rings. The highest BCUT2D eigenvalue weighted by atomic mass is 32.2. The molecule has 3 heterocycles. The first-order valence-corrected chi connectivity index (χ1v) is 8.04. The van der Waals surface area contributed by atoms with E-state index in [2.05, 4.69) is 4.98 Å². The normalized spacial score (nSPS) is 19.1. The number of rotatable bonds is 3. The van der Waals surface area contributed by atoms with Crippen LogP contribution in [-0.2, 0) is 10.2 Å². The first-order valence-electron chi connectivity index (χ1n) is 6.64. The molecule has 1 saturated heterocycles. The lowest BCUT2D eigenvalue weighted by Crippen LogP contribution is -2.46. The van der Waals surface area contributed by atoms with Gasteiger partial charge in [-0.3, -0.25) is 0 Å². The zero-order valence-electron chi connectivity index (χ0n) is 11.2. The SMILES string of the molecule is O=C(O)c1cnc2c(c1)N(S(=O)(=O)N1CCCC1)CCO2. The van der Waals surface area contributed by atoms with Crippen molar-refractivity contribution in [2.45, 2.75) is 12.8 Å². The van der Waals surface area contributed by atoms with Crippen molar-refractivity contribution in [1.82, 2.24) is 9.29 Å². The maximum atomic E-state index is 12.7. The molecule has 21 heavy (non-hydrogen) atoms. The molecule has 0 radical (unpaired) electrons. The summed E-state index contributed by atoms with van der Waals surface area (Å²) < 4.78 is 33.2. The summed E-state index contributed by atoms with van der Waals surface area (Å²) in [5.74, 6) is -1.01. The van der Waals surface area contributed by atoms with E-state index in [0.29, 0.717) is 13.1 Å². The molecule has 2 aliphatic heterocycles. The third-order valence-electron chi connectivity index (χ3n) is 3.55. The first-order chi connectivity index (χ1) is 10.00. The van der Waals surface area contributed by atoms with Crippen molar-refractivity contribution in [1.29, 1.82) is 0 Å².